The third-order valence-electron chi connectivity index (χ3n) is 3.59. The van der Waals surface area contributed by atoms with Crippen molar-refractivity contribution in [2.75, 3.05) is 26.2 Å². The molecule has 0 amide bonds. The standard InChI is InChI=1S/C17H24N2O3/c1-13(21)14-2-4-15(5-3-14)17-7-6-16(22-17)12-19-9-8-18-10-11-20/h2-7,13,18-21H,8-12H2,1H3/p+2/t13-/m0/s1. The highest BCUT2D eigenvalue weighted by atomic mass is 16.3. The quantitative estimate of drug-likeness (QED) is 0.476. The van der Waals surface area contributed by atoms with Gasteiger partial charge in [0, 0.05) is 5.56 Å². The SMILES string of the molecule is C[C@H](O)c1ccc(-c2ccc(C[NH2+]CC[NH2+]CCO)o2)cc1. The normalized spacial score (nSPS) is 12.5. The van der Waals surface area contributed by atoms with Crippen molar-refractivity contribution in [2.24, 2.45) is 0 Å². The molecule has 0 aliphatic carbocycles. The fourth-order valence-electron chi connectivity index (χ4n) is 2.28. The predicted octanol–water partition coefficient (Wildman–Crippen LogP) is -0.381. The molecule has 0 unspecified atom stereocenters. The van der Waals surface area contributed by atoms with Gasteiger partial charge < -0.3 is 25.3 Å². The maximum absolute atomic E-state index is 9.52. The van der Waals surface area contributed by atoms with Crippen molar-refractivity contribution in [1.82, 2.24) is 0 Å². The molecule has 120 valence electrons. The van der Waals surface area contributed by atoms with E-state index in [0.717, 1.165) is 48.8 Å². The van der Waals surface area contributed by atoms with Crippen LogP contribution in [0.3, 0.4) is 0 Å². The van der Waals surface area contributed by atoms with Gasteiger partial charge in [-0.2, -0.15) is 0 Å². The number of benzene rings is 1. The fourth-order valence-corrected chi connectivity index (χ4v) is 2.28. The summed E-state index contributed by atoms with van der Waals surface area (Å²) in [5.74, 6) is 1.81. The van der Waals surface area contributed by atoms with Crippen molar-refractivity contribution in [3.8, 4) is 11.3 Å². The summed E-state index contributed by atoms with van der Waals surface area (Å²) < 4.78 is 5.85. The van der Waals surface area contributed by atoms with Crippen LogP contribution in [0.4, 0.5) is 0 Å². The second-order valence-electron chi connectivity index (χ2n) is 5.44. The van der Waals surface area contributed by atoms with Gasteiger partial charge in [-0.05, 0) is 24.6 Å². The first-order chi connectivity index (χ1) is 10.7. The van der Waals surface area contributed by atoms with Gasteiger partial charge >= 0.3 is 0 Å². The molecule has 1 heterocycles. The van der Waals surface area contributed by atoms with Gasteiger partial charge in [-0.3, -0.25) is 0 Å². The van der Waals surface area contributed by atoms with E-state index in [0.29, 0.717) is 0 Å². The summed E-state index contributed by atoms with van der Waals surface area (Å²) in [5, 5.41) is 22.5. The molecule has 0 aliphatic rings. The molecule has 0 saturated heterocycles. The largest absolute Gasteiger partial charge is 0.455 e. The zero-order chi connectivity index (χ0) is 15.8. The summed E-state index contributed by atoms with van der Waals surface area (Å²) in [6.07, 6.45) is -0.446. The van der Waals surface area contributed by atoms with Crippen molar-refractivity contribution in [2.45, 2.75) is 19.6 Å². The van der Waals surface area contributed by atoms with Crippen molar-refractivity contribution >= 4 is 0 Å². The monoisotopic (exact) mass is 306 g/mol. The van der Waals surface area contributed by atoms with Gasteiger partial charge in [0.2, 0.25) is 0 Å². The van der Waals surface area contributed by atoms with E-state index in [1.54, 1.807) is 6.92 Å². The van der Waals surface area contributed by atoms with Gasteiger partial charge in [0.25, 0.3) is 0 Å². The summed E-state index contributed by atoms with van der Waals surface area (Å²) in [7, 11) is 0. The average Bonchev–Trinajstić information content (AvgIpc) is 3.00. The van der Waals surface area contributed by atoms with Gasteiger partial charge in [0.05, 0.1) is 19.3 Å². The maximum atomic E-state index is 9.52. The first-order valence-electron chi connectivity index (χ1n) is 7.82. The molecule has 0 spiro atoms. The van der Waals surface area contributed by atoms with Crippen LogP contribution < -0.4 is 10.6 Å². The molecule has 0 aliphatic heterocycles. The summed E-state index contributed by atoms with van der Waals surface area (Å²) in [5.41, 5.74) is 1.93. The molecule has 2 rings (SSSR count). The zero-order valence-corrected chi connectivity index (χ0v) is 13.0. The smallest absolute Gasteiger partial charge is 0.158 e. The number of aliphatic hydroxyl groups is 2. The van der Waals surface area contributed by atoms with Gasteiger partial charge in [0.1, 0.15) is 25.4 Å². The number of hydrogen-bond donors (Lipinski definition) is 4. The molecule has 6 N–H and O–H groups in total. The van der Waals surface area contributed by atoms with E-state index in [4.69, 9.17) is 9.52 Å². The van der Waals surface area contributed by atoms with Crippen molar-refractivity contribution in [3.63, 3.8) is 0 Å². The Morgan fingerprint density at radius 1 is 1.00 bits per heavy atom. The summed E-state index contributed by atoms with van der Waals surface area (Å²) in [6, 6.07) is 11.8. The van der Waals surface area contributed by atoms with Crippen LogP contribution in [0, 0.1) is 0 Å². The minimum Gasteiger partial charge on any atom is -0.455 e. The van der Waals surface area contributed by atoms with Crippen molar-refractivity contribution in [3.05, 3.63) is 47.7 Å². The third kappa shape index (κ3) is 4.96. The lowest BCUT2D eigenvalue weighted by Gasteiger charge is -2.04. The lowest BCUT2D eigenvalue weighted by molar-refractivity contribution is -0.732. The average molecular weight is 306 g/mol. The highest BCUT2D eigenvalue weighted by molar-refractivity contribution is 5.58. The Labute approximate surface area is 131 Å². The number of nitrogens with two attached hydrogens (primary N) is 2. The molecule has 1 aromatic heterocycles. The summed E-state index contributed by atoms with van der Waals surface area (Å²) in [4.78, 5) is 0. The number of aliphatic hydroxyl groups excluding tert-OH is 2. The molecule has 1 atom stereocenters. The van der Waals surface area contributed by atoms with Crippen LogP contribution in [-0.2, 0) is 6.54 Å². The van der Waals surface area contributed by atoms with E-state index in [2.05, 4.69) is 10.6 Å². The Bertz CT molecular complexity index is 549. The van der Waals surface area contributed by atoms with E-state index in [-0.39, 0.29) is 6.61 Å². The van der Waals surface area contributed by atoms with Crippen LogP contribution in [-0.4, -0.2) is 36.5 Å². The van der Waals surface area contributed by atoms with Crippen LogP contribution in [0.5, 0.6) is 0 Å². The summed E-state index contributed by atoms with van der Waals surface area (Å²) >= 11 is 0. The zero-order valence-electron chi connectivity index (χ0n) is 13.0. The molecule has 1 aromatic carbocycles. The highest BCUT2D eigenvalue weighted by Gasteiger charge is 2.07. The molecule has 5 nitrogen and oxygen atoms in total. The molecule has 0 bridgehead atoms. The van der Waals surface area contributed by atoms with Gasteiger partial charge in [-0.15, -0.1) is 0 Å². The van der Waals surface area contributed by atoms with Crippen molar-refractivity contribution in [1.29, 1.82) is 0 Å². The van der Waals surface area contributed by atoms with Crippen LogP contribution >= 0.6 is 0 Å². The molecular weight excluding hydrogens is 280 g/mol. The van der Waals surface area contributed by atoms with Crippen molar-refractivity contribution < 1.29 is 25.3 Å². The Balaban J connectivity index is 1.83. The van der Waals surface area contributed by atoms with E-state index in [1.807, 2.05) is 36.4 Å². The predicted molar refractivity (Wildman–Crippen MR) is 84.0 cm³/mol. The highest BCUT2D eigenvalue weighted by Crippen LogP contribution is 2.23. The fraction of sp³-hybridized carbons (Fsp3) is 0.412. The maximum Gasteiger partial charge on any atom is 0.158 e. The van der Waals surface area contributed by atoms with Crippen LogP contribution in [0.2, 0.25) is 0 Å². The minimum absolute atomic E-state index is 0.232. The first kappa shape index (κ1) is 16.7. The molecular formula is C17H26N2O3+2. The van der Waals surface area contributed by atoms with Crippen LogP contribution in [0.1, 0.15) is 24.4 Å². The van der Waals surface area contributed by atoms with Crippen LogP contribution in [0.25, 0.3) is 11.3 Å². The second kappa shape index (κ2) is 8.70. The lowest BCUT2D eigenvalue weighted by Crippen LogP contribution is -2.94. The number of quaternary nitrogens is 2. The summed E-state index contributed by atoms with van der Waals surface area (Å²) in [6.45, 7) is 5.57. The molecule has 0 radical (unpaired) electrons. The Morgan fingerprint density at radius 2 is 1.73 bits per heavy atom. The van der Waals surface area contributed by atoms with E-state index >= 15 is 0 Å². The number of rotatable bonds is 9. The Kier molecular flexibility index (Phi) is 6.61. The number of hydrogen-bond acceptors (Lipinski definition) is 3. The molecule has 5 heteroatoms. The van der Waals surface area contributed by atoms with Gasteiger partial charge in [-0.1, -0.05) is 24.3 Å². The third-order valence-corrected chi connectivity index (χ3v) is 3.59. The molecule has 22 heavy (non-hydrogen) atoms. The topological polar surface area (TPSA) is 86.8 Å². The van der Waals surface area contributed by atoms with Crippen LogP contribution in [0.15, 0.2) is 40.8 Å². The van der Waals surface area contributed by atoms with E-state index in [1.165, 1.54) is 0 Å². The minimum atomic E-state index is -0.446. The molecule has 0 saturated carbocycles. The lowest BCUT2D eigenvalue weighted by atomic mass is 10.1. The number of furan rings is 1. The Morgan fingerprint density at radius 3 is 2.41 bits per heavy atom. The van der Waals surface area contributed by atoms with Gasteiger partial charge in [-0.25, -0.2) is 0 Å². The van der Waals surface area contributed by atoms with E-state index < -0.39 is 6.10 Å². The second-order valence-corrected chi connectivity index (χ2v) is 5.44. The van der Waals surface area contributed by atoms with E-state index in [9.17, 15) is 5.11 Å². The first-order valence-corrected chi connectivity index (χ1v) is 7.82. The Hall–Kier alpha value is -1.66. The molecule has 2 aromatic rings. The molecule has 0 fully saturated rings. The van der Waals surface area contributed by atoms with Gasteiger partial charge in [0.15, 0.2) is 5.76 Å².